The van der Waals surface area contributed by atoms with Gasteiger partial charge in [0.25, 0.3) is 0 Å². The Labute approximate surface area is 125 Å². The van der Waals surface area contributed by atoms with Gasteiger partial charge in [0, 0.05) is 31.9 Å². The molecule has 0 aliphatic rings. The van der Waals surface area contributed by atoms with Gasteiger partial charge in [-0.25, -0.2) is 0 Å². The summed E-state index contributed by atoms with van der Waals surface area (Å²) in [6.45, 7) is 1.84. The second-order valence-electron chi connectivity index (χ2n) is 5.03. The average molecular weight is 290 g/mol. The topological polar surface area (TPSA) is 69.6 Å². The summed E-state index contributed by atoms with van der Waals surface area (Å²) in [5, 5.41) is 11.4. The van der Waals surface area contributed by atoms with Crippen LogP contribution in [0, 0.1) is 0 Å². The highest BCUT2D eigenvalue weighted by Gasteiger charge is 2.12. The molecule has 0 bridgehead atoms. The second kappa shape index (κ2) is 8.09. The van der Waals surface area contributed by atoms with Gasteiger partial charge in [-0.2, -0.15) is 0 Å². The molecule has 0 saturated heterocycles. The molecule has 2 N–H and O–H groups in total. The van der Waals surface area contributed by atoms with Crippen molar-refractivity contribution >= 4 is 23.6 Å². The fraction of sp³-hybridized carbons (Fsp3) is 0.375. The van der Waals surface area contributed by atoms with E-state index in [9.17, 15) is 9.59 Å². The van der Waals surface area contributed by atoms with Crippen molar-refractivity contribution < 1.29 is 14.7 Å². The van der Waals surface area contributed by atoms with E-state index in [1.807, 2.05) is 50.2 Å². The predicted molar refractivity (Wildman–Crippen MR) is 84.3 cm³/mol. The molecule has 0 aliphatic carbocycles. The lowest BCUT2D eigenvalue weighted by Gasteiger charge is -2.13. The maximum absolute atomic E-state index is 11.7. The van der Waals surface area contributed by atoms with Crippen molar-refractivity contribution in [2.75, 3.05) is 19.0 Å². The zero-order valence-corrected chi connectivity index (χ0v) is 12.7. The van der Waals surface area contributed by atoms with Crippen LogP contribution in [-0.2, 0) is 9.59 Å². The molecule has 1 amide bonds. The van der Waals surface area contributed by atoms with E-state index in [2.05, 4.69) is 5.32 Å². The summed E-state index contributed by atoms with van der Waals surface area (Å²) in [6, 6.07) is 7.45. The summed E-state index contributed by atoms with van der Waals surface area (Å²) < 4.78 is 0. The number of rotatable bonds is 7. The predicted octanol–water partition coefficient (Wildman–Crippen LogP) is 2.14. The van der Waals surface area contributed by atoms with E-state index in [1.165, 1.54) is 6.08 Å². The van der Waals surface area contributed by atoms with E-state index in [0.717, 1.165) is 11.3 Å². The fourth-order valence-corrected chi connectivity index (χ4v) is 1.81. The van der Waals surface area contributed by atoms with Gasteiger partial charge in [0.15, 0.2) is 0 Å². The Hall–Kier alpha value is -2.30. The van der Waals surface area contributed by atoms with Crippen LogP contribution in [0.15, 0.2) is 30.3 Å². The van der Waals surface area contributed by atoms with E-state index in [0.29, 0.717) is 6.42 Å². The van der Waals surface area contributed by atoms with Crippen molar-refractivity contribution in [3.8, 4) is 0 Å². The van der Waals surface area contributed by atoms with Gasteiger partial charge in [0.2, 0.25) is 5.91 Å². The van der Waals surface area contributed by atoms with Gasteiger partial charge in [0.1, 0.15) is 0 Å². The minimum absolute atomic E-state index is 0.0619. The number of aliphatic carboxylic acids is 1. The van der Waals surface area contributed by atoms with Gasteiger partial charge in [-0.3, -0.25) is 9.59 Å². The molecule has 5 nitrogen and oxygen atoms in total. The Morgan fingerprint density at radius 2 is 1.90 bits per heavy atom. The number of anilines is 1. The molecule has 5 heteroatoms. The molecule has 0 spiro atoms. The van der Waals surface area contributed by atoms with Crippen LogP contribution in [0.1, 0.15) is 25.3 Å². The first-order valence-electron chi connectivity index (χ1n) is 6.90. The van der Waals surface area contributed by atoms with Gasteiger partial charge in [0.05, 0.1) is 6.42 Å². The van der Waals surface area contributed by atoms with Gasteiger partial charge >= 0.3 is 5.97 Å². The number of carbonyl (C=O) groups is 2. The summed E-state index contributed by atoms with van der Waals surface area (Å²) in [5.41, 5.74) is 2.01. The first kappa shape index (κ1) is 16.8. The van der Waals surface area contributed by atoms with Gasteiger partial charge in [-0.15, -0.1) is 0 Å². The molecular weight excluding hydrogens is 268 g/mol. The van der Waals surface area contributed by atoms with Crippen molar-refractivity contribution in [2.45, 2.75) is 25.8 Å². The van der Waals surface area contributed by atoms with Crippen LogP contribution in [-0.4, -0.2) is 37.1 Å². The molecule has 0 heterocycles. The third-order valence-electron chi connectivity index (χ3n) is 3.10. The van der Waals surface area contributed by atoms with Crippen molar-refractivity contribution in [1.82, 2.24) is 5.32 Å². The molecular formula is C16H22N2O3. The monoisotopic (exact) mass is 290 g/mol. The van der Waals surface area contributed by atoms with Crippen molar-refractivity contribution in [1.29, 1.82) is 0 Å². The van der Waals surface area contributed by atoms with Crippen LogP contribution < -0.4 is 10.2 Å². The number of nitrogens with one attached hydrogen (secondary N) is 1. The number of carbonyl (C=O) groups excluding carboxylic acids is 1. The smallest absolute Gasteiger partial charge is 0.305 e. The third-order valence-corrected chi connectivity index (χ3v) is 3.10. The fourth-order valence-electron chi connectivity index (χ4n) is 1.81. The standard InChI is InChI=1S/C16H22N2O3/c1-4-13(11-16(20)21)17-15(19)10-7-12-5-8-14(9-6-12)18(2)3/h5-10,13H,4,11H2,1-3H3,(H,17,19)(H,20,21)/b10-7+. The maximum atomic E-state index is 11.7. The molecule has 0 aliphatic heterocycles. The van der Waals surface area contributed by atoms with Crippen LogP contribution in [0.4, 0.5) is 5.69 Å². The van der Waals surface area contributed by atoms with Crippen LogP contribution in [0.3, 0.4) is 0 Å². The van der Waals surface area contributed by atoms with Crippen LogP contribution >= 0.6 is 0 Å². The van der Waals surface area contributed by atoms with E-state index in [-0.39, 0.29) is 18.4 Å². The number of amides is 1. The molecule has 1 atom stereocenters. The third kappa shape index (κ3) is 6.12. The lowest BCUT2D eigenvalue weighted by molar-refractivity contribution is -0.137. The van der Waals surface area contributed by atoms with Gasteiger partial charge in [-0.05, 0) is 30.2 Å². The van der Waals surface area contributed by atoms with E-state index < -0.39 is 5.97 Å². The number of nitrogens with zero attached hydrogens (tertiary/aromatic N) is 1. The summed E-state index contributed by atoms with van der Waals surface area (Å²) >= 11 is 0. The first-order valence-corrected chi connectivity index (χ1v) is 6.90. The highest BCUT2D eigenvalue weighted by atomic mass is 16.4. The molecule has 114 valence electrons. The van der Waals surface area contributed by atoms with E-state index >= 15 is 0 Å². The lowest BCUT2D eigenvalue weighted by Crippen LogP contribution is -2.34. The lowest BCUT2D eigenvalue weighted by atomic mass is 10.1. The summed E-state index contributed by atoms with van der Waals surface area (Å²) in [6.07, 6.45) is 3.66. The minimum atomic E-state index is -0.912. The number of hydrogen-bond acceptors (Lipinski definition) is 3. The number of hydrogen-bond donors (Lipinski definition) is 2. The molecule has 1 rings (SSSR count). The van der Waals surface area contributed by atoms with Crippen LogP contribution in [0.2, 0.25) is 0 Å². The van der Waals surface area contributed by atoms with Gasteiger partial charge in [-0.1, -0.05) is 19.1 Å². The van der Waals surface area contributed by atoms with Crippen LogP contribution in [0.5, 0.6) is 0 Å². The normalized spacial score (nSPS) is 12.1. The molecule has 1 unspecified atom stereocenters. The van der Waals surface area contributed by atoms with Crippen LogP contribution in [0.25, 0.3) is 6.08 Å². The Morgan fingerprint density at radius 3 is 2.38 bits per heavy atom. The molecule has 1 aromatic carbocycles. The highest BCUT2D eigenvalue weighted by Crippen LogP contribution is 2.13. The number of benzene rings is 1. The SMILES string of the molecule is CCC(CC(=O)O)NC(=O)/C=C/c1ccc(N(C)C)cc1. The Kier molecular flexibility index (Phi) is 6.46. The number of carboxylic acid groups (broad SMARTS) is 1. The molecule has 0 fully saturated rings. The Balaban J connectivity index is 2.58. The van der Waals surface area contributed by atoms with Gasteiger partial charge < -0.3 is 15.3 Å². The second-order valence-corrected chi connectivity index (χ2v) is 5.03. The zero-order chi connectivity index (χ0) is 15.8. The van der Waals surface area contributed by atoms with E-state index in [1.54, 1.807) is 6.08 Å². The molecule has 0 aromatic heterocycles. The summed E-state index contributed by atoms with van der Waals surface area (Å²) in [5.74, 6) is -1.19. The van der Waals surface area contributed by atoms with E-state index in [4.69, 9.17) is 5.11 Å². The molecule has 1 aromatic rings. The first-order chi connectivity index (χ1) is 9.92. The molecule has 0 saturated carbocycles. The molecule has 0 radical (unpaired) electrons. The van der Waals surface area contributed by atoms with Crippen molar-refractivity contribution in [3.63, 3.8) is 0 Å². The average Bonchev–Trinajstić information content (AvgIpc) is 2.44. The quantitative estimate of drug-likeness (QED) is 0.755. The summed E-state index contributed by atoms with van der Waals surface area (Å²) in [7, 11) is 3.93. The largest absolute Gasteiger partial charge is 0.481 e. The number of carboxylic acids is 1. The highest BCUT2D eigenvalue weighted by molar-refractivity contribution is 5.92. The molecule has 21 heavy (non-hydrogen) atoms. The Morgan fingerprint density at radius 1 is 1.29 bits per heavy atom. The zero-order valence-electron chi connectivity index (χ0n) is 12.7. The maximum Gasteiger partial charge on any atom is 0.305 e. The van der Waals surface area contributed by atoms with Crippen molar-refractivity contribution in [3.05, 3.63) is 35.9 Å². The Bertz CT molecular complexity index is 507. The minimum Gasteiger partial charge on any atom is -0.481 e. The van der Waals surface area contributed by atoms with Crippen molar-refractivity contribution in [2.24, 2.45) is 0 Å². The summed E-state index contributed by atoms with van der Waals surface area (Å²) in [4.78, 5) is 24.4.